The number of rotatable bonds is 7. The van der Waals surface area contributed by atoms with Gasteiger partial charge in [-0.1, -0.05) is 54.6 Å². The molecule has 1 aliphatic rings. The summed E-state index contributed by atoms with van der Waals surface area (Å²) >= 11 is 0. The average Bonchev–Trinajstić information content (AvgIpc) is 3.06. The zero-order valence-corrected chi connectivity index (χ0v) is 14.9. The van der Waals surface area contributed by atoms with Crippen LogP contribution in [-0.2, 0) is 24.3 Å². The Morgan fingerprint density at radius 3 is 2.50 bits per heavy atom. The zero-order chi connectivity index (χ0) is 18.2. The maximum absolute atomic E-state index is 11.9. The number of urea groups is 1. The van der Waals surface area contributed by atoms with Crippen molar-refractivity contribution < 1.29 is 9.59 Å². The van der Waals surface area contributed by atoms with E-state index in [9.17, 15) is 9.59 Å². The highest BCUT2D eigenvalue weighted by molar-refractivity contribution is 5.78. The van der Waals surface area contributed by atoms with Crippen LogP contribution in [0.2, 0.25) is 0 Å². The van der Waals surface area contributed by atoms with Crippen LogP contribution < -0.4 is 10.6 Å². The largest absolute Gasteiger partial charge is 0.338 e. The van der Waals surface area contributed by atoms with Crippen molar-refractivity contribution in [2.75, 3.05) is 13.1 Å². The van der Waals surface area contributed by atoms with Gasteiger partial charge in [0, 0.05) is 32.6 Å². The third-order valence-corrected chi connectivity index (χ3v) is 4.53. The van der Waals surface area contributed by atoms with Crippen molar-refractivity contribution >= 4 is 11.9 Å². The Morgan fingerprint density at radius 1 is 0.962 bits per heavy atom. The van der Waals surface area contributed by atoms with Gasteiger partial charge in [0.1, 0.15) is 0 Å². The molecule has 136 valence electrons. The molecule has 1 heterocycles. The van der Waals surface area contributed by atoms with Crippen molar-refractivity contribution in [3.63, 3.8) is 0 Å². The summed E-state index contributed by atoms with van der Waals surface area (Å²) in [6, 6.07) is 18.0. The lowest BCUT2D eigenvalue weighted by Gasteiger charge is -2.16. The van der Waals surface area contributed by atoms with Crippen LogP contribution in [0.3, 0.4) is 0 Å². The minimum Gasteiger partial charge on any atom is -0.338 e. The second-order valence-corrected chi connectivity index (χ2v) is 6.58. The van der Waals surface area contributed by atoms with Gasteiger partial charge < -0.3 is 15.5 Å². The van der Waals surface area contributed by atoms with E-state index >= 15 is 0 Å². The second kappa shape index (κ2) is 9.04. The van der Waals surface area contributed by atoms with Crippen molar-refractivity contribution in [2.24, 2.45) is 0 Å². The Hall–Kier alpha value is -2.82. The fraction of sp³-hybridized carbons (Fsp3) is 0.333. The molecule has 3 rings (SSSR count). The van der Waals surface area contributed by atoms with E-state index in [-0.39, 0.29) is 11.9 Å². The van der Waals surface area contributed by atoms with Gasteiger partial charge in [0.05, 0.1) is 0 Å². The third-order valence-electron chi connectivity index (χ3n) is 4.53. The number of hydrogen-bond donors (Lipinski definition) is 2. The summed E-state index contributed by atoms with van der Waals surface area (Å²) in [5.74, 6) is 0.228. The van der Waals surface area contributed by atoms with E-state index in [2.05, 4.69) is 28.8 Å². The molecule has 26 heavy (non-hydrogen) atoms. The molecular formula is C21H25N3O2. The number of hydrogen-bond acceptors (Lipinski definition) is 2. The maximum Gasteiger partial charge on any atom is 0.315 e. The first-order valence-electron chi connectivity index (χ1n) is 9.12. The van der Waals surface area contributed by atoms with Crippen LogP contribution in [0.1, 0.15) is 29.5 Å². The summed E-state index contributed by atoms with van der Waals surface area (Å²) in [4.78, 5) is 25.6. The molecule has 0 saturated carbocycles. The fourth-order valence-electron chi connectivity index (χ4n) is 3.14. The predicted octanol–water partition coefficient (Wildman–Crippen LogP) is 2.85. The molecule has 2 aromatic carbocycles. The summed E-state index contributed by atoms with van der Waals surface area (Å²) in [6.07, 6.45) is 2.42. The molecule has 1 aliphatic heterocycles. The van der Waals surface area contributed by atoms with Gasteiger partial charge in [-0.2, -0.15) is 0 Å². The minimum atomic E-state index is -0.166. The average molecular weight is 351 g/mol. The number of amides is 3. The van der Waals surface area contributed by atoms with Crippen molar-refractivity contribution in [1.29, 1.82) is 0 Å². The predicted molar refractivity (Wildman–Crippen MR) is 101 cm³/mol. The van der Waals surface area contributed by atoms with E-state index in [1.54, 1.807) is 0 Å². The van der Waals surface area contributed by atoms with Gasteiger partial charge in [0.25, 0.3) is 0 Å². The first kappa shape index (κ1) is 18.0. The summed E-state index contributed by atoms with van der Waals surface area (Å²) in [6.45, 7) is 2.56. The van der Waals surface area contributed by atoms with Crippen LogP contribution in [0.15, 0.2) is 54.6 Å². The van der Waals surface area contributed by atoms with Crippen LogP contribution in [0, 0.1) is 0 Å². The van der Waals surface area contributed by atoms with Gasteiger partial charge >= 0.3 is 6.03 Å². The lowest BCUT2D eigenvalue weighted by atomic mass is 10.1. The molecule has 0 aliphatic carbocycles. The lowest BCUT2D eigenvalue weighted by Crippen LogP contribution is -2.36. The summed E-state index contributed by atoms with van der Waals surface area (Å²) in [5, 5.41) is 5.76. The summed E-state index contributed by atoms with van der Waals surface area (Å²) in [5.41, 5.74) is 3.34. The van der Waals surface area contributed by atoms with Gasteiger partial charge in [0.2, 0.25) is 5.91 Å². The highest BCUT2D eigenvalue weighted by atomic mass is 16.2. The topological polar surface area (TPSA) is 61.4 Å². The van der Waals surface area contributed by atoms with Crippen LogP contribution in [-0.4, -0.2) is 29.9 Å². The van der Waals surface area contributed by atoms with Gasteiger partial charge in [-0.05, 0) is 29.5 Å². The van der Waals surface area contributed by atoms with Crippen LogP contribution >= 0.6 is 0 Å². The first-order valence-corrected chi connectivity index (χ1v) is 9.12. The molecule has 0 unspecified atom stereocenters. The van der Waals surface area contributed by atoms with E-state index in [0.717, 1.165) is 30.5 Å². The van der Waals surface area contributed by atoms with Crippen molar-refractivity contribution in [3.05, 3.63) is 71.3 Å². The Labute approximate surface area is 154 Å². The minimum absolute atomic E-state index is 0.166. The van der Waals surface area contributed by atoms with E-state index in [4.69, 9.17) is 0 Å². The van der Waals surface area contributed by atoms with Crippen LogP contribution in [0.5, 0.6) is 0 Å². The molecule has 0 bridgehead atoms. The number of carbonyl (C=O) groups excluding carboxylic acids is 2. The Bertz CT molecular complexity index is 746. The number of benzene rings is 2. The van der Waals surface area contributed by atoms with Gasteiger partial charge in [-0.3, -0.25) is 4.79 Å². The monoisotopic (exact) mass is 351 g/mol. The normalized spacial score (nSPS) is 13.7. The smallest absolute Gasteiger partial charge is 0.315 e. The molecule has 2 aromatic rings. The Kier molecular flexibility index (Phi) is 6.25. The quantitative estimate of drug-likeness (QED) is 0.806. The molecule has 2 N–H and O–H groups in total. The van der Waals surface area contributed by atoms with E-state index in [0.29, 0.717) is 26.1 Å². The molecule has 5 heteroatoms. The zero-order valence-electron chi connectivity index (χ0n) is 14.9. The fourth-order valence-corrected chi connectivity index (χ4v) is 3.14. The number of nitrogens with zero attached hydrogens (tertiary/aromatic N) is 1. The number of nitrogens with one attached hydrogen (secondary N) is 2. The molecule has 0 aromatic heterocycles. The van der Waals surface area contributed by atoms with E-state index in [1.807, 2.05) is 41.3 Å². The van der Waals surface area contributed by atoms with Gasteiger partial charge in [0.15, 0.2) is 0 Å². The highest BCUT2D eigenvalue weighted by Crippen LogP contribution is 2.15. The third kappa shape index (κ3) is 5.34. The summed E-state index contributed by atoms with van der Waals surface area (Å²) < 4.78 is 0. The van der Waals surface area contributed by atoms with Crippen molar-refractivity contribution in [2.45, 2.75) is 32.4 Å². The Balaban J connectivity index is 1.41. The Morgan fingerprint density at radius 2 is 1.73 bits per heavy atom. The van der Waals surface area contributed by atoms with E-state index < -0.39 is 0 Å². The van der Waals surface area contributed by atoms with E-state index in [1.165, 1.54) is 5.56 Å². The number of likely N-dealkylation sites (tertiary alicyclic amines) is 1. The molecule has 1 fully saturated rings. The molecule has 0 radical (unpaired) electrons. The molecule has 5 nitrogen and oxygen atoms in total. The molecule has 3 amide bonds. The highest BCUT2D eigenvalue weighted by Gasteiger charge is 2.19. The summed E-state index contributed by atoms with van der Waals surface area (Å²) in [7, 11) is 0. The lowest BCUT2D eigenvalue weighted by molar-refractivity contribution is -0.128. The van der Waals surface area contributed by atoms with Crippen molar-refractivity contribution in [3.8, 4) is 0 Å². The van der Waals surface area contributed by atoms with Gasteiger partial charge in [-0.15, -0.1) is 0 Å². The van der Waals surface area contributed by atoms with Crippen LogP contribution in [0.4, 0.5) is 4.79 Å². The molecule has 1 saturated heterocycles. The molecule has 0 atom stereocenters. The standard InChI is InChI=1S/C21H25N3O2/c25-20-10-5-13-24(20)16-19-9-4-8-18(14-19)15-23-21(26)22-12-11-17-6-2-1-3-7-17/h1-4,6-9,14H,5,10-13,15-16H2,(H2,22,23,26). The molecule has 0 spiro atoms. The maximum atomic E-state index is 11.9. The van der Waals surface area contributed by atoms with Crippen molar-refractivity contribution in [1.82, 2.24) is 15.5 Å². The number of carbonyl (C=O) groups is 2. The first-order chi connectivity index (χ1) is 12.7. The SMILES string of the molecule is O=C(NCCc1ccccc1)NCc1cccc(CN2CCCC2=O)c1. The molecular weight excluding hydrogens is 326 g/mol. The van der Waals surface area contributed by atoms with Crippen LogP contribution in [0.25, 0.3) is 0 Å². The second-order valence-electron chi connectivity index (χ2n) is 6.58. The van der Waals surface area contributed by atoms with Gasteiger partial charge in [-0.25, -0.2) is 4.79 Å².